The molecule has 0 unspecified atom stereocenters. The molecule has 1 heterocycles. The van der Waals surface area contributed by atoms with Crippen LogP contribution in [0.1, 0.15) is 5.56 Å². The van der Waals surface area contributed by atoms with E-state index in [1.54, 1.807) is 0 Å². The lowest BCUT2D eigenvalue weighted by atomic mass is 10.0. The van der Waals surface area contributed by atoms with Gasteiger partial charge in [-0.15, -0.1) is 0 Å². The minimum Gasteiger partial charge on any atom is -0.306 e. The van der Waals surface area contributed by atoms with Crippen molar-refractivity contribution in [2.24, 2.45) is 0 Å². The van der Waals surface area contributed by atoms with Crippen molar-refractivity contribution >= 4 is 10.8 Å². The van der Waals surface area contributed by atoms with Gasteiger partial charge in [0.2, 0.25) is 0 Å². The molecule has 82 valence electrons. The Kier molecular flexibility index (Phi) is 2.46. The van der Waals surface area contributed by atoms with Crippen molar-refractivity contribution in [2.45, 2.75) is 6.42 Å². The number of hydrogen-bond donors (Lipinski definition) is 0. The van der Waals surface area contributed by atoms with Crippen molar-refractivity contribution in [2.75, 3.05) is 6.61 Å². The summed E-state index contributed by atoms with van der Waals surface area (Å²) in [5.74, 6) is 0.669. The van der Waals surface area contributed by atoms with Crippen LogP contribution in [0.2, 0.25) is 0 Å². The molecule has 0 fully saturated rings. The maximum Gasteiger partial charge on any atom is 0.172 e. The summed E-state index contributed by atoms with van der Waals surface area (Å²) < 4.78 is 0. The van der Waals surface area contributed by atoms with Crippen LogP contribution in [0.5, 0.6) is 5.75 Å². The number of benzene rings is 2. The summed E-state index contributed by atoms with van der Waals surface area (Å²) in [5.41, 5.74) is 1.07. The third-order valence-corrected chi connectivity index (χ3v) is 2.63. The van der Waals surface area contributed by atoms with Crippen LogP contribution >= 0.6 is 0 Å². The van der Waals surface area contributed by atoms with E-state index in [0.29, 0.717) is 12.4 Å². The first-order valence-corrected chi connectivity index (χ1v) is 5.08. The standard InChI is InChI=1S/C12H10O4/c1-2-4-10-9(3-1)5-6-12-11(10)7-8-13-15-16-14-12/h1-6H,7-8H2. The average Bonchev–Trinajstić information content (AvgIpc) is 2.29. The van der Waals surface area contributed by atoms with Gasteiger partial charge < -0.3 is 4.89 Å². The Labute approximate surface area is 92.1 Å². The summed E-state index contributed by atoms with van der Waals surface area (Å²) >= 11 is 0. The predicted octanol–water partition coefficient (Wildman–Crippen LogP) is 2.57. The van der Waals surface area contributed by atoms with Crippen LogP contribution in [-0.4, -0.2) is 6.61 Å². The van der Waals surface area contributed by atoms with E-state index < -0.39 is 0 Å². The van der Waals surface area contributed by atoms with E-state index in [9.17, 15) is 0 Å². The van der Waals surface area contributed by atoms with Gasteiger partial charge in [0.15, 0.2) is 5.75 Å². The second-order valence-electron chi connectivity index (χ2n) is 3.55. The molecule has 2 aromatic carbocycles. The van der Waals surface area contributed by atoms with Crippen LogP contribution in [0.25, 0.3) is 10.8 Å². The monoisotopic (exact) mass is 218 g/mol. The van der Waals surface area contributed by atoms with Gasteiger partial charge in [-0.05, 0) is 21.9 Å². The fourth-order valence-corrected chi connectivity index (χ4v) is 1.90. The third kappa shape index (κ3) is 1.63. The highest BCUT2D eigenvalue weighted by atomic mass is 17.7. The molecular formula is C12H10O4. The second kappa shape index (κ2) is 4.09. The van der Waals surface area contributed by atoms with E-state index in [4.69, 9.17) is 9.78 Å². The molecule has 0 amide bonds. The Bertz CT molecular complexity index is 509. The molecule has 1 aliphatic rings. The van der Waals surface area contributed by atoms with Crippen molar-refractivity contribution in [1.82, 2.24) is 0 Å². The summed E-state index contributed by atoms with van der Waals surface area (Å²) in [4.78, 5) is 9.72. The normalized spacial score (nSPS) is 16.0. The van der Waals surface area contributed by atoms with Gasteiger partial charge in [-0.3, -0.25) is 0 Å². The first kappa shape index (κ1) is 9.59. The molecule has 4 nitrogen and oxygen atoms in total. The average molecular weight is 218 g/mol. The Hall–Kier alpha value is -1.62. The molecule has 0 N–H and O–H groups in total. The highest BCUT2D eigenvalue weighted by Gasteiger charge is 2.12. The van der Waals surface area contributed by atoms with Gasteiger partial charge in [-0.2, -0.15) is 0 Å². The largest absolute Gasteiger partial charge is 0.306 e. The number of hydrogen-bond acceptors (Lipinski definition) is 4. The maximum absolute atomic E-state index is 4.99. The van der Waals surface area contributed by atoms with Crippen molar-refractivity contribution in [3.63, 3.8) is 0 Å². The summed E-state index contributed by atoms with van der Waals surface area (Å²) in [5, 5.41) is 11.1. The van der Waals surface area contributed by atoms with Crippen LogP contribution in [0.3, 0.4) is 0 Å². The molecule has 0 saturated carbocycles. The van der Waals surface area contributed by atoms with Gasteiger partial charge >= 0.3 is 0 Å². The Morgan fingerprint density at radius 2 is 1.88 bits per heavy atom. The van der Waals surface area contributed by atoms with Gasteiger partial charge in [0.25, 0.3) is 0 Å². The van der Waals surface area contributed by atoms with Crippen molar-refractivity contribution in [3.05, 3.63) is 42.0 Å². The SMILES string of the molecule is c1ccc2c3c(ccc2c1)OOOOCC3. The molecule has 16 heavy (non-hydrogen) atoms. The van der Waals surface area contributed by atoms with E-state index in [1.165, 1.54) is 5.39 Å². The van der Waals surface area contributed by atoms with Crippen LogP contribution in [0.15, 0.2) is 36.4 Å². The van der Waals surface area contributed by atoms with Crippen LogP contribution in [0, 0.1) is 0 Å². The lowest BCUT2D eigenvalue weighted by molar-refractivity contribution is -0.608. The Balaban J connectivity index is 2.18. The zero-order valence-corrected chi connectivity index (χ0v) is 8.51. The minimum atomic E-state index is 0.435. The summed E-state index contributed by atoms with van der Waals surface area (Å²) in [6, 6.07) is 12.0. The fraction of sp³-hybridized carbons (Fsp3) is 0.167. The summed E-state index contributed by atoms with van der Waals surface area (Å²) in [6.07, 6.45) is 0.722. The molecule has 1 aliphatic heterocycles. The molecule has 0 aromatic heterocycles. The minimum absolute atomic E-state index is 0.435. The van der Waals surface area contributed by atoms with Gasteiger partial charge in [0.05, 0.1) is 6.61 Å². The van der Waals surface area contributed by atoms with E-state index in [0.717, 1.165) is 17.4 Å². The summed E-state index contributed by atoms with van der Waals surface area (Å²) in [7, 11) is 0. The molecule has 0 atom stereocenters. The lowest BCUT2D eigenvalue weighted by Gasteiger charge is -2.14. The molecule has 0 saturated heterocycles. The molecule has 0 aliphatic carbocycles. The number of fused-ring (bicyclic) bond motifs is 3. The predicted molar refractivity (Wildman–Crippen MR) is 56.4 cm³/mol. The van der Waals surface area contributed by atoms with Gasteiger partial charge in [0, 0.05) is 17.0 Å². The van der Waals surface area contributed by atoms with Gasteiger partial charge in [0.1, 0.15) is 0 Å². The number of rotatable bonds is 0. The van der Waals surface area contributed by atoms with E-state index in [2.05, 4.69) is 22.2 Å². The van der Waals surface area contributed by atoms with Crippen molar-refractivity contribution < 1.29 is 19.9 Å². The first-order valence-electron chi connectivity index (χ1n) is 5.08. The van der Waals surface area contributed by atoms with Crippen LogP contribution in [-0.2, 0) is 21.4 Å². The molecule has 4 heteroatoms. The first-order chi connectivity index (χ1) is 7.95. The third-order valence-electron chi connectivity index (χ3n) is 2.63. The Morgan fingerprint density at radius 1 is 0.938 bits per heavy atom. The Morgan fingerprint density at radius 3 is 2.88 bits per heavy atom. The molecule has 3 rings (SSSR count). The molecule has 0 radical (unpaired) electrons. The maximum atomic E-state index is 4.99. The van der Waals surface area contributed by atoms with Crippen molar-refractivity contribution in [1.29, 1.82) is 0 Å². The lowest BCUT2D eigenvalue weighted by Crippen LogP contribution is -2.10. The van der Waals surface area contributed by atoms with Crippen LogP contribution in [0.4, 0.5) is 0 Å². The van der Waals surface area contributed by atoms with E-state index >= 15 is 0 Å². The zero-order valence-electron chi connectivity index (χ0n) is 8.51. The zero-order chi connectivity index (χ0) is 10.8. The smallest absolute Gasteiger partial charge is 0.172 e. The molecule has 0 bridgehead atoms. The highest BCUT2D eigenvalue weighted by molar-refractivity contribution is 5.87. The summed E-state index contributed by atoms with van der Waals surface area (Å²) in [6.45, 7) is 0.435. The van der Waals surface area contributed by atoms with Gasteiger partial charge in [-0.25, -0.2) is 4.89 Å². The van der Waals surface area contributed by atoms with E-state index in [-0.39, 0.29) is 0 Å². The molecule has 2 aromatic rings. The second-order valence-corrected chi connectivity index (χ2v) is 3.55. The van der Waals surface area contributed by atoms with Gasteiger partial charge in [-0.1, -0.05) is 30.3 Å². The van der Waals surface area contributed by atoms with E-state index in [1.807, 2.05) is 24.3 Å². The fourth-order valence-electron chi connectivity index (χ4n) is 1.90. The van der Waals surface area contributed by atoms with Crippen molar-refractivity contribution in [3.8, 4) is 5.75 Å². The highest BCUT2D eigenvalue weighted by Crippen LogP contribution is 2.29. The van der Waals surface area contributed by atoms with Crippen LogP contribution < -0.4 is 4.89 Å². The topological polar surface area (TPSA) is 36.9 Å². The molecular weight excluding hydrogens is 208 g/mol. The molecule has 0 spiro atoms. The quantitative estimate of drug-likeness (QED) is 0.637.